The fourth-order valence-electron chi connectivity index (χ4n) is 1.76. The molecule has 0 radical (unpaired) electrons. The van der Waals surface area contributed by atoms with Gasteiger partial charge in [0.25, 0.3) is 0 Å². The smallest absolute Gasteiger partial charge is 0.128 e. The second kappa shape index (κ2) is 5.39. The maximum Gasteiger partial charge on any atom is 0.128 e. The predicted molar refractivity (Wildman–Crippen MR) is 73.0 cm³/mol. The molecular weight excluding hydrogens is 235 g/mol. The Morgan fingerprint density at radius 3 is 2.29 bits per heavy atom. The van der Waals surface area contributed by atoms with E-state index in [0.717, 1.165) is 12.0 Å². The van der Waals surface area contributed by atoms with Crippen molar-refractivity contribution in [2.75, 3.05) is 0 Å². The van der Waals surface area contributed by atoms with E-state index in [-0.39, 0.29) is 5.82 Å². The number of halogens is 2. The summed E-state index contributed by atoms with van der Waals surface area (Å²) in [4.78, 5) is -0.652. The summed E-state index contributed by atoms with van der Waals surface area (Å²) >= 11 is 6.19. The van der Waals surface area contributed by atoms with Crippen LogP contribution in [0.25, 0.3) is 0 Å². The van der Waals surface area contributed by atoms with Crippen LogP contribution in [0.3, 0.4) is 0 Å². The van der Waals surface area contributed by atoms with Crippen molar-refractivity contribution in [2.45, 2.75) is 45.9 Å². The largest absolute Gasteiger partial charge is 0.207 e. The Kier molecular flexibility index (Phi) is 4.60. The number of rotatable bonds is 4. The standard InChI is InChI=1S/C15H22ClF/c1-10(2)11(3)8-12-6-7-14(17)13(9-12)15(4,5)16/h6-7,9-11H,8H2,1-5H3. The molecule has 0 heterocycles. The lowest BCUT2D eigenvalue weighted by Gasteiger charge is -2.20. The van der Waals surface area contributed by atoms with Gasteiger partial charge in [0.2, 0.25) is 0 Å². The molecule has 0 amide bonds. The molecule has 0 spiro atoms. The number of hydrogen-bond acceptors (Lipinski definition) is 0. The average molecular weight is 257 g/mol. The first-order valence-electron chi connectivity index (χ1n) is 6.19. The fourth-order valence-corrected chi connectivity index (χ4v) is 1.91. The van der Waals surface area contributed by atoms with Crippen LogP contribution in [0, 0.1) is 17.7 Å². The second-order valence-electron chi connectivity index (χ2n) is 5.71. The molecule has 0 bridgehead atoms. The van der Waals surface area contributed by atoms with E-state index in [0.29, 0.717) is 17.4 Å². The summed E-state index contributed by atoms with van der Waals surface area (Å²) in [5, 5.41) is 0. The summed E-state index contributed by atoms with van der Waals surface area (Å²) in [6, 6.07) is 5.30. The summed E-state index contributed by atoms with van der Waals surface area (Å²) in [5.41, 5.74) is 1.75. The molecular formula is C15H22ClF. The van der Waals surface area contributed by atoms with Crippen LogP contribution >= 0.6 is 11.6 Å². The highest BCUT2D eigenvalue weighted by molar-refractivity contribution is 6.23. The van der Waals surface area contributed by atoms with Crippen molar-refractivity contribution >= 4 is 11.6 Å². The highest BCUT2D eigenvalue weighted by atomic mass is 35.5. The molecule has 0 aliphatic rings. The fraction of sp³-hybridized carbons (Fsp3) is 0.600. The number of hydrogen-bond donors (Lipinski definition) is 0. The minimum atomic E-state index is -0.652. The van der Waals surface area contributed by atoms with Crippen molar-refractivity contribution in [3.05, 3.63) is 35.1 Å². The van der Waals surface area contributed by atoms with Crippen LogP contribution in [0.5, 0.6) is 0 Å². The van der Waals surface area contributed by atoms with Crippen LogP contribution in [-0.4, -0.2) is 0 Å². The van der Waals surface area contributed by atoms with Gasteiger partial charge < -0.3 is 0 Å². The first-order chi connectivity index (χ1) is 7.71. The van der Waals surface area contributed by atoms with E-state index in [4.69, 9.17) is 11.6 Å². The summed E-state index contributed by atoms with van der Waals surface area (Å²) in [6.07, 6.45) is 0.970. The quantitative estimate of drug-likeness (QED) is 0.655. The third kappa shape index (κ3) is 3.99. The molecule has 0 aromatic heterocycles. The molecule has 1 rings (SSSR count). The minimum absolute atomic E-state index is 0.217. The van der Waals surface area contributed by atoms with Gasteiger partial charge in [0, 0.05) is 5.56 Å². The lowest BCUT2D eigenvalue weighted by molar-refractivity contribution is 0.417. The lowest BCUT2D eigenvalue weighted by Crippen LogP contribution is -2.12. The van der Waals surface area contributed by atoms with Crippen molar-refractivity contribution in [3.63, 3.8) is 0 Å². The van der Waals surface area contributed by atoms with E-state index in [1.54, 1.807) is 0 Å². The maximum atomic E-state index is 13.7. The van der Waals surface area contributed by atoms with Gasteiger partial charge in [-0.15, -0.1) is 11.6 Å². The molecule has 0 aliphatic carbocycles. The van der Waals surface area contributed by atoms with Gasteiger partial charge in [0.1, 0.15) is 5.82 Å². The molecule has 0 aliphatic heterocycles. The highest BCUT2D eigenvalue weighted by Gasteiger charge is 2.21. The average Bonchev–Trinajstić information content (AvgIpc) is 2.19. The van der Waals surface area contributed by atoms with Crippen LogP contribution in [0.15, 0.2) is 18.2 Å². The molecule has 0 saturated heterocycles. The Morgan fingerprint density at radius 2 is 1.82 bits per heavy atom. The molecule has 1 unspecified atom stereocenters. The maximum absolute atomic E-state index is 13.7. The van der Waals surface area contributed by atoms with E-state index >= 15 is 0 Å². The Balaban J connectivity index is 2.97. The number of benzene rings is 1. The van der Waals surface area contributed by atoms with Gasteiger partial charge in [-0.05, 0) is 43.7 Å². The zero-order valence-corrected chi connectivity index (χ0v) is 12.1. The summed E-state index contributed by atoms with van der Waals surface area (Å²) in [5.74, 6) is 1.00. The summed E-state index contributed by atoms with van der Waals surface area (Å²) < 4.78 is 13.7. The third-order valence-corrected chi connectivity index (χ3v) is 3.57. The molecule has 2 heteroatoms. The molecule has 17 heavy (non-hydrogen) atoms. The highest BCUT2D eigenvalue weighted by Crippen LogP contribution is 2.31. The molecule has 1 aromatic rings. The van der Waals surface area contributed by atoms with Gasteiger partial charge in [-0.1, -0.05) is 32.9 Å². The van der Waals surface area contributed by atoms with Crippen LogP contribution in [0.1, 0.15) is 45.7 Å². The summed E-state index contributed by atoms with van der Waals surface area (Å²) in [6.45, 7) is 10.3. The Labute approximate surface area is 109 Å². The van der Waals surface area contributed by atoms with Crippen molar-refractivity contribution in [1.82, 2.24) is 0 Å². The van der Waals surface area contributed by atoms with Gasteiger partial charge in [-0.25, -0.2) is 4.39 Å². The number of alkyl halides is 1. The Morgan fingerprint density at radius 1 is 1.24 bits per heavy atom. The molecule has 1 aromatic carbocycles. The van der Waals surface area contributed by atoms with Gasteiger partial charge in [-0.3, -0.25) is 0 Å². The van der Waals surface area contributed by atoms with Crippen LogP contribution in [-0.2, 0) is 11.3 Å². The summed E-state index contributed by atoms with van der Waals surface area (Å²) in [7, 11) is 0. The van der Waals surface area contributed by atoms with E-state index in [1.165, 1.54) is 6.07 Å². The zero-order chi connectivity index (χ0) is 13.2. The topological polar surface area (TPSA) is 0 Å². The predicted octanol–water partition coefficient (Wildman–Crippen LogP) is 5.13. The zero-order valence-electron chi connectivity index (χ0n) is 11.3. The molecule has 0 nitrogen and oxygen atoms in total. The van der Waals surface area contributed by atoms with Crippen molar-refractivity contribution in [1.29, 1.82) is 0 Å². The van der Waals surface area contributed by atoms with Gasteiger partial charge in [-0.2, -0.15) is 0 Å². The molecule has 0 fully saturated rings. The molecule has 0 N–H and O–H groups in total. The molecule has 0 saturated carbocycles. The molecule has 1 atom stereocenters. The first-order valence-corrected chi connectivity index (χ1v) is 6.57. The Hall–Kier alpha value is -0.560. The van der Waals surface area contributed by atoms with Crippen LogP contribution in [0.4, 0.5) is 4.39 Å². The Bertz CT molecular complexity index is 377. The van der Waals surface area contributed by atoms with E-state index in [9.17, 15) is 4.39 Å². The monoisotopic (exact) mass is 256 g/mol. The van der Waals surface area contributed by atoms with Crippen molar-refractivity contribution < 1.29 is 4.39 Å². The van der Waals surface area contributed by atoms with Crippen LogP contribution in [0.2, 0.25) is 0 Å². The van der Waals surface area contributed by atoms with Gasteiger partial charge in [0.05, 0.1) is 4.87 Å². The van der Waals surface area contributed by atoms with Crippen molar-refractivity contribution in [2.24, 2.45) is 11.8 Å². The van der Waals surface area contributed by atoms with E-state index in [1.807, 2.05) is 26.0 Å². The third-order valence-electron chi connectivity index (χ3n) is 3.37. The van der Waals surface area contributed by atoms with Crippen molar-refractivity contribution in [3.8, 4) is 0 Å². The minimum Gasteiger partial charge on any atom is -0.207 e. The molecule has 96 valence electrons. The SMILES string of the molecule is CC(C)C(C)Cc1ccc(F)c(C(C)(C)Cl)c1. The first kappa shape index (κ1) is 14.5. The van der Waals surface area contributed by atoms with Gasteiger partial charge in [0.15, 0.2) is 0 Å². The van der Waals surface area contributed by atoms with E-state index in [2.05, 4.69) is 20.8 Å². The van der Waals surface area contributed by atoms with Gasteiger partial charge >= 0.3 is 0 Å². The van der Waals surface area contributed by atoms with E-state index < -0.39 is 4.87 Å². The van der Waals surface area contributed by atoms with Crippen LogP contribution < -0.4 is 0 Å². The lowest BCUT2D eigenvalue weighted by atomic mass is 9.89. The second-order valence-corrected chi connectivity index (χ2v) is 6.66. The normalized spacial score (nSPS) is 14.1.